The molecule has 208 valence electrons. The van der Waals surface area contributed by atoms with Crippen molar-refractivity contribution in [1.29, 1.82) is 0 Å². The summed E-state index contributed by atoms with van der Waals surface area (Å²) in [6.45, 7) is 9.47. The van der Waals surface area contributed by atoms with Crippen LogP contribution in [0, 0.1) is 12.3 Å². The predicted molar refractivity (Wildman–Crippen MR) is 147 cm³/mol. The first kappa shape index (κ1) is 27.1. The van der Waals surface area contributed by atoms with E-state index in [1.807, 2.05) is 0 Å². The summed E-state index contributed by atoms with van der Waals surface area (Å²) in [5, 5.41) is 10.8. The Morgan fingerprint density at radius 3 is 2.64 bits per heavy atom. The molecule has 0 aromatic carbocycles. The number of nitrogens with one attached hydrogen (secondary N) is 3. The molecule has 12 heteroatoms. The third-order valence-corrected chi connectivity index (χ3v) is 8.57. The zero-order valence-corrected chi connectivity index (χ0v) is 23.5. The lowest BCUT2D eigenvalue weighted by molar-refractivity contribution is 0.0980. The van der Waals surface area contributed by atoms with Crippen LogP contribution in [0.5, 0.6) is 5.88 Å². The fourth-order valence-corrected chi connectivity index (χ4v) is 5.57. The lowest BCUT2D eigenvalue weighted by atomic mass is 10.0. The van der Waals surface area contributed by atoms with E-state index in [1.165, 1.54) is 25.0 Å². The summed E-state index contributed by atoms with van der Waals surface area (Å²) in [5.41, 5.74) is 0.904. The third-order valence-electron chi connectivity index (χ3n) is 7.34. The van der Waals surface area contributed by atoms with E-state index in [2.05, 4.69) is 51.2 Å². The van der Waals surface area contributed by atoms with Crippen LogP contribution in [0.3, 0.4) is 0 Å². The Labute approximate surface area is 228 Å². The molecule has 1 atom stereocenters. The molecule has 4 heterocycles. The molecule has 1 aliphatic carbocycles. The molecule has 5 rings (SSSR count). The smallest absolute Gasteiger partial charge is 0.281 e. The largest absolute Gasteiger partial charge is 0.477 e. The Balaban J connectivity index is 1.22. The van der Waals surface area contributed by atoms with Gasteiger partial charge in [0.05, 0.1) is 17.9 Å². The van der Waals surface area contributed by atoms with Crippen molar-refractivity contribution in [1.82, 2.24) is 29.8 Å². The highest BCUT2D eigenvalue weighted by atomic mass is 32.2. The van der Waals surface area contributed by atoms with E-state index in [0.717, 1.165) is 19.4 Å². The van der Waals surface area contributed by atoms with E-state index in [-0.39, 0.29) is 22.2 Å². The van der Waals surface area contributed by atoms with Gasteiger partial charge >= 0.3 is 0 Å². The zero-order valence-electron chi connectivity index (χ0n) is 22.7. The molecular formula is C27H35N7O4S. The molecule has 1 amide bonds. The maximum Gasteiger partial charge on any atom is 0.281 e. The van der Waals surface area contributed by atoms with Crippen molar-refractivity contribution < 1.29 is 17.9 Å². The van der Waals surface area contributed by atoms with Gasteiger partial charge in [0.1, 0.15) is 5.82 Å². The number of hydrogen-bond donors (Lipinski definition) is 3. The standard InChI is InChI=1S/C27H35N7O4S/c1-18-20(8-9-22(29-18)34-14-10-23(32-34)38-15-13-27(4)11-12-27)25(35)33-39(36,37)24-7-5-6-21(31-24)30-19-16-26(2,3)28-17-19/h5-10,14,19,28H,11-13,15-17H2,1-4H3,(H,30,31)(H,33,35). The van der Waals surface area contributed by atoms with E-state index in [4.69, 9.17) is 4.74 Å². The van der Waals surface area contributed by atoms with Crippen LogP contribution in [-0.4, -0.2) is 58.8 Å². The number of ether oxygens (including phenoxy) is 1. The molecule has 0 bridgehead atoms. The number of nitrogens with zero attached hydrogens (tertiary/aromatic N) is 4. The number of aryl methyl sites for hydroxylation is 1. The van der Waals surface area contributed by atoms with Gasteiger partial charge in [-0.1, -0.05) is 13.0 Å². The van der Waals surface area contributed by atoms with Gasteiger partial charge in [-0.05, 0) is 76.1 Å². The average molecular weight is 554 g/mol. The van der Waals surface area contributed by atoms with Crippen molar-refractivity contribution in [2.45, 2.75) is 70.0 Å². The second-order valence-corrected chi connectivity index (χ2v) is 13.0. The van der Waals surface area contributed by atoms with Crippen LogP contribution in [0.4, 0.5) is 5.82 Å². The number of carbonyl (C=O) groups is 1. The van der Waals surface area contributed by atoms with E-state index < -0.39 is 15.9 Å². The lowest BCUT2D eigenvalue weighted by Gasteiger charge is -2.18. The predicted octanol–water partition coefficient (Wildman–Crippen LogP) is 3.21. The molecule has 2 aliphatic rings. The van der Waals surface area contributed by atoms with E-state index in [1.54, 1.807) is 42.1 Å². The SMILES string of the molecule is Cc1nc(-n2ccc(OCCC3(C)CC3)n2)ccc1C(=O)NS(=O)(=O)c1cccc(NC2CNC(C)(C)C2)n1. The minimum absolute atomic E-state index is 0.00157. The number of hydrogen-bond acceptors (Lipinski definition) is 9. The fraction of sp³-hybridized carbons (Fsp3) is 0.481. The Hall–Kier alpha value is -3.51. The number of amides is 1. The van der Waals surface area contributed by atoms with Crippen LogP contribution in [0.1, 0.15) is 62.5 Å². The number of rotatable bonds is 10. The Kier molecular flexibility index (Phi) is 7.10. The molecule has 39 heavy (non-hydrogen) atoms. The van der Waals surface area contributed by atoms with Gasteiger partial charge in [0.15, 0.2) is 10.8 Å². The first-order chi connectivity index (χ1) is 18.4. The van der Waals surface area contributed by atoms with E-state index in [9.17, 15) is 13.2 Å². The van der Waals surface area contributed by atoms with Crippen LogP contribution >= 0.6 is 0 Å². The fourth-order valence-electron chi connectivity index (χ4n) is 4.64. The minimum Gasteiger partial charge on any atom is -0.477 e. The van der Waals surface area contributed by atoms with Crippen molar-refractivity contribution in [3.63, 3.8) is 0 Å². The third kappa shape index (κ3) is 6.56. The summed E-state index contributed by atoms with van der Waals surface area (Å²) in [7, 11) is -4.21. The maximum atomic E-state index is 13.0. The molecule has 1 aliphatic heterocycles. The molecule has 0 spiro atoms. The number of anilines is 1. The van der Waals surface area contributed by atoms with Crippen LogP contribution in [-0.2, 0) is 10.0 Å². The second-order valence-electron chi connectivity index (χ2n) is 11.4. The lowest BCUT2D eigenvalue weighted by Crippen LogP contribution is -2.32. The summed E-state index contributed by atoms with van der Waals surface area (Å²) in [6, 6.07) is 9.68. The molecule has 1 saturated heterocycles. The van der Waals surface area contributed by atoms with Crippen LogP contribution in [0.15, 0.2) is 47.6 Å². The van der Waals surface area contributed by atoms with Crippen molar-refractivity contribution in [3.8, 4) is 11.7 Å². The second kappa shape index (κ2) is 10.2. The van der Waals surface area contributed by atoms with Gasteiger partial charge in [0.25, 0.3) is 15.9 Å². The van der Waals surface area contributed by atoms with Gasteiger partial charge in [0, 0.05) is 30.4 Å². The molecule has 3 aromatic heterocycles. The van der Waals surface area contributed by atoms with Gasteiger partial charge in [-0.3, -0.25) is 4.79 Å². The van der Waals surface area contributed by atoms with Gasteiger partial charge in [-0.15, -0.1) is 5.10 Å². The van der Waals surface area contributed by atoms with Gasteiger partial charge in [0.2, 0.25) is 5.88 Å². The summed E-state index contributed by atoms with van der Waals surface area (Å²) in [5.74, 6) is 0.637. The van der Waals surface area contributed by atoms with Crippen LogP contribution in [0.2, 0.25) is 0 Å². The normalized spacial score (nSPS) is 19.4. The minimum atomic E-state index is -4.21. The number of pyridine rings is 2. The number of aromatic nitrogens is 4. The molecule has 3 aromatic rings. The number of sulfonamides is 1. The highest BCUT2D eigenvalue weighted by molar-refractivity contribution is 7.90. The average Bonchev–Trinajstić information content (AvgIpc) is 3.25. The monoisotopic (exact) mass is 553 g/mol. The van der Waals surface area contributed by atoms with E-state index >= 15 is 0 Å². The van der Waals surface area contributed by atoms with Crippen molar-refractivity contribution in [2.75, 3.05) is 18.5 Å². The zero-order chi connectivity index (χ0) is 27.8. The van der Waals surface area contributed by atoms with Crippen molar-refractivity contribution >= 4 is 21.7 Å². The first-order valence-corrected chi connectivity index (χ1v) is 14.6. The van der Waals surface area contributed by atoms with Crippen molar-refractivity contribution in [2.24, 2.45) is 5.41 Å². The highest BCUT2D eigenvalue weighted by Gasteiger charge is 2.36. The van der Waals surface area contributed by atoms with Gasteiger partial charge in [-0.25, -0.2) is 19.4 Å². The summed E-state index contributed by atoms with van der Waals surface area (Å²) in [4.78, 5) is 21.6. The quantitative estimate of drug-likeness (QED) is 0.345. The Morgan fingerprint density at radius 2 is 1.95 bits per heavy atom. The number of carbonyl (C=O) groups excluding carboxylic acids is 1. The molecule has 0 radical (unpaired) electrons. The maximum absolute atomic E-state index is 13.0. The van der Waals surface area contributed by atoms with E-state index in [0.29, 0.717) is 35.2 Å². The molecule has 11 nitrogen and oxygen atoms in total. The highest BCUT2D eigenvalue weighted by Crippen LogP contribution is 2.47. The van der Waals surface area contributed by atoms with Crippen molar-refractivity contribution in [3.05, 3.63) is 53.9 Å². The topological polar surface area (TPSA) is 140 Å². The summed E-state index contributed by atoms with van der Waals surface area (Å²) in [6.07, 6.45) is 6.08. The Morgan fingerprint density at radius 1 is 1.15 bits per heavy atom. The molecule has 1 saturated carbocycles. The van der Waals surface area contributed by atoms with Crippen LogP contribution < -0.4 is 20.1 Å². The summed E-state index contributed by atoms with van der Waals surface area (Å²) >= 11 is 0. The first-order valence-electron chi connectivity index (χ1n) is 13.1. The summed E-state index contributed by atoms with van der Waals surface area (Å²) < 4.78 is 35.4. The van der Waals surface area contributed by atoms with Gasteiger partial charge < -0.3 is 15.4 Å². The molecule has 3 N–H and O–H groups in total. The van der Waals surface area contributed by atoms with Gasteiger partial charge in [-0.2, -0.15) is 8.42 Å². The molecular weight excluding hydrogens is 518 g/mol. The molecule has 1 unspecified atom stereocenters. The Bertz CT molecular complexity index is 1480. The molecule has 2 fully saturated rings. The van der Waals surface area contributed by atoms with Crippen LogP contribution in [0.25, 0.3) is 5.82 Å².